The molecule has 7 N–H and O–H groups in total. The molecule has 1 saturated carbocycles. The zero-order valence-electron chi connectivity index (χ0n) is 21.1. The minimum absolute atomic E-state index is 0.155. The summed E-state index contributed by atoms with van der Waals surface area (Å²) in [6, 6.07) is 7.55. The Hall–Kier alpha value is -3.67. The summed E-state index contributed by atoms with van der Waals surface area (Å²) in [6.45, 7) is 0. The van der Waals surface area contributed by atoms with Crippen LogP contribution in [0.25, 0.3) is 17.4 Å². The smallest absolute Gasteiger partial charge is 0.255 e. The summed E-state index contributed by atoms with van der Waals surface area (Å²) in [4.78, 5) is 40.9. The van der Waals surface area contributed by atoms with Crippen LogP contribution in [0.3, 0.4) is 0 Å². The lowest BCUT2D eigenvalue weighted by molar-refractivity contribution is -0.166. The minimum atomic E-state index is -3.01. The first-order valence-electron chi connectivity index (χ1n) is 12.0. The molecule has 2 aromatic carbocycles. The van der Waals surface area contributed by atoms with E-state index in [0.717, 1.165) is 0 Å². The van der Waals surface area contributed by atoms with Gasteiger partial charge < -0.3 is 31.3 Å². The fraction of sp³-hybridized carbons (Fsp3) is 0.250. The number of hydrogen-bond acceptors (Lipinski definition) is 9. The largest absolute Gasteiger partial charge is 0.508 e. The number of hydrogen-bond donors (Lipinski definition) is 6. The van der Waals surface area contributed by atoms with Crippen LogP contribution in [0.15, 0.2) is 53.3 Å². The molecule has 0 aromatic heterocycles. The zero-order chi connectivity index (χ0) is 29.4. The number of nitrogens with zero attached hydrogens (tertiary/aromatic N) is 1. The Balaban J connectivity index is 1.86. The van der Waals surface area contributed by atoms with Gasteiger partial charge in [0.15, 0.2) is 11.4 Å². The number of halogens is 2. The second kappa shape index (κ2) is 9.46. The van der Waals surface area contributed by atoms with E-state index in [2.05, 4.69) is 0 Å². The van der Waals surface area contributed by atoms with E-state index < -0.39 is 75.5 Å². The fourth-order valence-electron chi connectivity index (χ4n) is 6.09. The van der Waals surface area contributed by atoms with Gasteiger partial charge in [0.25, 0.3) is 5.91 Å². The highest BCUT2D eigenvalue weighted by Crippen LogP contribution is 2.56. The van der Waals surface area contributed by atoms with Crippen molar-refractivity contribution in [2.45, 2.75) is 17.7 Å². The van der Waals surface area contributed by atoms with Crippen molar-refractivity contribution >= 4 is 58.1 Å². The van der Waals surface area contributed by atoms with Crippen LogP contribution < -0.4 is 5.73 Å². The summed E-state index contributed by atoms with van der Waals surface area (Å²) in [5, 5.41) is 57.2. The van der Waals surface area contributed by atoms with Crippen molar-refractivity contribution in [2.24, 2.45) is 17.6 Å². The lowest BCUT2D eigenvalue weighted by Gasteiger charge is -2.53. The molecule has 1 amide bonds. The number of aromatic hydroxyl groups is 1. The number of carbonyl (C=O) groups excluding carboxylic acids is 3. The lowest BCUT2D eigenvalue weighted by atomic mass is 9.55. The normalized spacial score (nSPS) is 29.0. The van der Waals surface area contributed by atoms with E-state index in [0.29, 0.717) is 5.56 Å². The standard InChI is InChI=1S/C28H24Cl2N2O8/c1-32(2)21-20-23(35)17-12(8-10-6-7-13(29)14(30)9-10)11-4-3-5-15(33)16(11)22(34)18(17)25(37)28(20,40)26(38)19(24(21)36)27(31)39/h3-9,17,20-21,23,33-35,38,40H,1-2H3,(H2,31,39)/b12-8+. The molecule has 2 aromatic rings. The van der Waals surface area contributed by atoms with Crippen LogP contribution >= 0.6 is 23.2 Å². The average Bonchev–Trinajstić information content (AvgIpc) is 2.87. The highest BCUT2D eigenvalue weighted by molar-refractivity contribution is 6.42. The van der Waals surface area contributed by atoms with E-state index in [1.165, 1.54) is 43.3 Å². The summed E-state index contributed by atoms with van der Waals surface area (Å²) in [7, 11) is 2.87. The van der Waals surface area contributed by atoms with E-state index in [1.807, 2.05) is 0 Å². The van der Waals surface area contributed by atoms with Crippen molar-refractivity contribution in [3.8, 4) is 5.75 Å². The molecule has 0 radical (unpaired) electrons. The van der Waals surface area contributed by atoms with Crippen molar-refractivity contribution in [2.75, 3.05) is 14.1 Å². The molecule has 208 valence electrons. The van der Waals surface area contributed by atoms with Crippen molar-refractivity contribution in [1.82, 2.24) is 4.90 Å². The van der Waals surface area contributed by atoms with Crippen molar-refractivity contribution in [1.29, 1.82) is 0 Å². The molecule has 0 bridgehead atoms. The van der Waals surface area contributed by atoms with Crippen LogP contribution in [0.5, 0.6) is 5.75 Å². The van der Waals surface area contributed by atoms with E-state index in [-0.39, 0.29) is 26.7 Å². The highest BCUT2D eigenvalue weighted by atomic mass is 35.5. The summed E-state index contributed by atoms with van der Waals surface area (Å²) >= 11 is 12.3. The molecule has 40 heavy (non-hydrogen) atoms. The lowest BCUT2D eigenvalue weighted by Crippen LogP contribution is -2.70. The number of likely N-dealkylation sites (N-methyl/N-ethyl adjacent to an activating group) is 1. The third kappa shape index (κ3) is 3.71. The maximum atomic E-state index is 14.1. The van der Waals surface area contributed by atoms with Gasteiger partial charge in [-0.15, -0.1) is 0 Å². The average molecular weight is 587 g/mol. The minimum Gasteiger partial charge on any atom is -0.508 e. The number of rotatable bonds is 3. The number of nitrogens with two attached hydrogens (primary N) is 1. The highest BCUT2D eigenvalue weighted by Gasteiger charge is 2.68. The van der Waals surface area contributed by atoms with Gasteiger partial charge >= 0.3 is 0 Å². The van der Waals surface area contributed by atoms with E-state index in [9.17, 15) is 39.9 Å². The fourth-order valence-corrected chi connectivity index (χ4v) is 6.40. The molecule has 0 aliphatic heterocycles. The number of aliphatic hydroxyl groups is 4. The first-order chi connectivity index (χ1) is 18.7. The van der Waals surface area contributed by atoms with Crippen LogP contribution in [-0.4, -0.2) is 79.7 Å². The number of carbonyl (C=O) groups is 3. The first-order valence-corrected chi connectivity index (χ1v) is 12.8. The maximum absolute atomic E-state index is 14.1. The molecule has 0 heterocycles. The second-order valence-electron chi connectivity index (χ2n) is 10.2. The molecule has 5 atom stereocenters. The molecular weight excluding hydrogens is 563 g/mol. The number of primary amides is 1. The number of ketones is 2. The molecule has 12 heteroatoms. The van der Waals surface area contributed by atoms with Gasteiger partial charge in [-0.2, -0.15) is 0 Å². The number of fused-ring (bicyclic) bond motifs is 3. The van der Waals surface area contributed by atoms with Crippen molar-refractivity contribution in [3.05, 3.63) is 80.0 Å². The van der Waals surface area contributed by atoms with Crippen molar-refractivity contribution in [3.63, 3.8) is 0 Å². The number of aliphatic hydroxyl groups excluding tert-OH is 3. The predicted octanol–water partition coefficient (Wildman–Crippen LogP) is 2.24. The summed E-state index contributed by atoms with van der Waals surface area (Å²) in [5.41, 5.74) is 1.65. The van der Waals surface area contributed by atoms with Gasteiger partial charge in [0.05, 0.1) is 39.2 Å². The Kier molecular flexibility index (Phi) is 6.60. The van der Waals surface area contributed by atoms with E-state index in [4.69, 9.17) is 28.9 Å². The zero-order valence-corrected chi connectivity index (χ0v) is 22.6. The van der Waals surface area contributed by atoms with E-state index in [1.54, 1.807) is 18.2 Å². The second-order valence-corrected chi connectivity index (χ2v) is 11.0. The summed E-state index contributed by atoms with van der Waals surface area (Å²) in [6.07, 6.45) is -0.213. The Morgan fingerprint density at radius 1 is 1.07 bits per heavy atom. The van der Waals surface area contributed by atoms with Crippen LogP contribution in [0.4, 0.5) is 0 Å². The number of Topliss-reactive ketones (excluding diaryl/α,β-unsaturated/α-hetero) is 2. The monoisotopic (exact) mass is 586 g/mol. The third-order valence-electron chi connectivity index (χ3n) is 7.80. The molecular formula is C28H24Cl2N2O8. The number of phenolic OH excluding ortho intramolecular Hbond substituents is 1. The first kappa shape index (κ1) is 27.9. The number of phenols is 1. The van der Waals surface area contributed by atoms with E-state index >= 15 is 0 Å². The van der Waals surface area contributed by atoms with Crippen LogP contribution in [0.2, 0.25) is 10.0 Å². The van der Waals surface area contributed by atoms with Gasteiger partial charge in [-0.3, -0.25) is 19.3 Å². The molecule has 3 aliphatic rings. The molecule has 5 rings (SSSR count). The molecule has 0 saturated heterocycles. The Labute approximate surface area is 237 Å². The van der Waals surface area contributed by atoms with Crippen LogP contribution in [-0.2, 0) is 14.4 Å². The molecule has 5 unspecified atom stereocenters. The van der Waals surface area contributed by atoms with Gasteiger partial charge in [-0.25, -0.2) is 0 Å². The Morgan fingerprint density at radius 2 is 1.75 bits per heavy atom. The quantitative estimate of drug-likeness (QED) is 0.294. The van der Waals surface area contributed by atoms with Gasteiger partial charge in [0.2, 0.25) is 5.78 Å². The summed E-state index contributed by atoms with van der Waals surface area (Å²) < 4.78 is 0. The maximum Gasteiger partial charge on any atom is 0.255 e. The third-order valence-corrected chi connectivity index (χ3v) is 8.53. The van der Waals surface area contributed by atoms with Crippen LogP contribution in [0.1, 0.15) is 16.7 Å². The topological polar surface area (TPSA) is 182 Å². The van der Waals surface area contributed by atoms with Gasteiger partial charge in [-0.05, 0) is 49.0 Å². The predicted molar refractivity (Wildman–Crippen MR) is 146 cm³/mol. The Morgan fingerprint density at radius 3 is 2.35 bits per heavy atom. The number of benzene rings is 2. The van der Waals surface area contributed by atoms with Crippen molar-refractivity contribution < 1.29 is 39.9 Å². The number of amides is 1. The molecule has 1 fully saturated rings. The van der Waals surface area contributed by atoms with Gasteiger partial charge in [-0.1, -0.05) is 47.5 Å². The molecule has 10 nitrogen and oxygen atoms in total. The summed E-state index contributed by atoms with van der Waals surface area (Å²) in [5.74, 6) is -9.13. The molecule has 0 spiro atoms. The van der Waals surface area contributed by atoms with Gasteiger partial charge in [0.1, 0.15) is 22.8 Å². The molecule has 3 aliphatic carbocycles. The van der Waals surface area contributed by atoms with Gasteiger partial charge in [0, 0.05) is 5.92 Å². The Bertz CT molecular complexity index is 1610. The van der Waals surface area contributed by atoms with Crippen LogP contribution in [0, 0.1) is 11.8 Å². The SMILES string of the molecule is CN(C)C1C(=O)C(C(N)=O)=C(O)C2(O)C(=O)C3=C(O)c4c(O)cccc4/C(=C\c4ccc(Cl)c(Cl)c4)C3C(O)C12.